The Kier molecular flexibility index (Phi) is 14.1. The molecule has 3 heteroatoms. The molecule has 0 amide bonds. The number of esters is 1. The second kappa shape index (κ2) is 12.6. The largest absolute Gasteiger partial charge is 0.432 e. The minimum absolute atomic E-state index is 0.477. The van der Waals surface area contributed by atoms with Gasteiger partial charge < -0.3 is 9.47 Å². The Hall–Kier alpha value is -1.09. The van der Waals surface area contributed by atoms with E-state index in [0.717, 1.165) is 25.6 Å². The molecule has 0 aliphatic rings. The number of carbonyl (C=O) groups is 1. The predicted octanol–water partition coefficient (Wildman–Crippen LogP) is 1.90. The van der Waals surface area contributed by atoms with E-state index in [-0.39, 0.29) is 0 Å². The van der Waals surface area contributed by atoms with Crippen LogP contribution in [0, 0.1) is 0 Å². The summed E-state index contributed by atoms with van der Waals surface area (Å²) in [5.74, 6) is -0.477. The third-order valence-electron chi connectivity index (χ3n) is 0.774. The van der Waals surface area contributed by atoms with Crippen molar-refractivity contribution in [3.8, 4) is 0 Å². The zero-order valence-corrected chi connectivity index (χ0v) is 7.71. The molecular formula is C9H16O3. The first-order valence-corrected chi connectivity index (χ1v) is 3.74. The van der Waals surface area contributed by atoms with E-state index in [0.29, 0.717) is 0 Å². The van der Waals surface area contributed by atoms with Crippen LogP contribution < -0.4 is 0 Å². The van der Waals surface area contributed by atoms with Crippen molar-refractivity contribution in [3.63, 3.8) is 0 Å². The average Bonchev–Trinajstić information content (AvgIpc) is 2.07. The molecule has 0 saturated carbocycles. The van der Waals surface area contributed by atoms with Crippen LogP contribution in [-0.2, 0) is 14.3 Å². The van der Waals surface area contributed by atoms with Gasteiger partial charge in [-0.3, -0.25) is 0 Å². The Morgan fingerprint density at radius 2 is 1.83 bits per heavy atom. The highest BCUT2D eigenvalue weighted by Crippen LogP contribution is 1.75. The fourth-order valence-corrected chi connectivity index (χ4v) is 0.334. The summed E-state index contributed by atoms with van der Waals surface area (Å²) in [6.45, 7) is 12.0. The minimum Gasteiger partial charge on any atom is -0.432 e. The number of hydrogen-bond donors (Lipinski definition) is 0. The molecule has 0 aromatic carbocycles. The molecule has 0 spiro atoms. The fourth-order valence-electron chi connectivity index (χ4n) is 0.334. The Bertz CT molecular complexity index is 128. The summed E-state index contributed by atoms with van der Waals surface area (Å²) in [6, 6.07) is 0. The van der Waals surface area contributed by atoms with Crippen molar-refractivity contribution in [1.82, 2.24) is 0 Å². The highest BCUT2D eigenvalue weighted by atomic mass is 16.5. The summed E-state index contributed by atoms with van der Waals surface area (Å²) in [5.41, 5.74) is 0. The maximum Gasteiger partial charge on any atom is 0.334 e. The Labute approximate surface area is 73.7 Å². The minimum atomic E-state index is -0.477. The van der Waals surface area contributed by atoms with Gasteiger partial charge in [-0.05, 0) is 13.8 Å². The maximum atomic E-state index is 10.0. The van der Waals surface area contributed by atoms with E-state index in [1.54, 1.807) is 0 Å². The van der Waals surface area contributed by atoms with Crippen LogP contribution in [0.5, 0.6) is 0 Å². The molecular weight excluding hydrogens is 156 g/mol. The van der Waals surface area contributed by atoms with Crippen LogP contribution in [0.15, 0.2) is 25.5 Å². The molecule has 0 bridgehead atoms. The lowest BCUT2D eigenvalue weighted by Crippen LogP contribution is -1.90. The molecule has 0 aliphatic carbocycles. The quantitative estimate of drug-likeness (QED) is 0.369. The molecule has 0 heterocycles. The van der Waals surface area contributed by atoms with E-state index >= 15 is 0 Å². The molecule has 0 aliphatic heterocycles. The molecule has 0 rings (SSSR count). The van der Waals surface area contributed by atoms with Gasteiger partial charge in [-0.25, -0.2) is 4.79 Å². The molecule has 12 heavy (non-hydrogen) atoms. The lowest BCUT2D eigenvalue weighted by atomic mass is 10.7. The van der Waals surface area contributed by atoms with Gasteiger partial charge in [-0.2, -0.15) is 0 Å². The van der Waals surface area contributed by atoms with E-state index in [9.17, 15) is 4.79 Å². The summed E-state index contributed by atoms with van der Waals surface area (Å²) >= 11 is 0. The molecule has 3 nitrogen and oxygen atoms in total. The predicted molar refractivity (Wildman–Crippen MR) is 48.7 cm³/mol. The van der Waals surface area contributed by atoms with Crippen LogP contribution in [-0.4, -0.2) is 19.2 Å². The van der Waals surface area contributed by atoms with Crippen LogP contribution in [0.4, 0.5) is 0 Å². The third kappa shape index (κ3) is 16.0. The van der Waals surface area contributed by atoms with Gasteiger partial charge in [0.15, 0.2) is 0 Å². The maximum absolute atomic E-state index is 10.0. The van der Waals surface area contributed by atoms with E-state index in [1.807, 2.05) is 13.8 Å². The van der Waals surface area contributed by atoms with Gasteiger partial charge in [0.05, 0.1) is 6.26 Å². The molecule has 0 atom stereocenters. The third-order valence-corrected chi connectivity index (χ3v) is 0.774. The smallest absolute Gasteiger partial charge is 0.334 e. The van der Waals surface area contributed by atoms with Crippen molar-refractivity contribution < 1.29 is 14.3 Å². The SMILES string of the molecule is C=COC(=O)C=C.CCOCC. The lowest BCUT2D eigenvalue weighted by molar-refractivity contribution is -0.132. The summed E-state index contributed by atoms with van der Waals surface area (Å²) in [5, 5.41) is 0. The lowest BCUT2D eigenvalue weighted by Gasteiger charge is -1.86. The molecule has 0 aromatic heterocycles. The fraction of sp³-hybridized carbons (Fsp3) is 0.444. The first-order valence-electron chi connectivity index (χ1n) is 3.74. The topological polar surface area (TPSA) is 35.5 Å². The molecule has 0 radical (unpaired) electrons. The van der Waals surface area contributed by atoms with Gasteiger partial charge in [0.2, 0.25) is 0 Å². The average molecular weight is 172 g/mol. The van der Waals surface area contributed by atoms with Gasteiger partial charge in [0, 0.05) is 19.3 Å². The monoisotopic (exact) mass is 172 g/mol. The van der Waals surface area contributed by atoms with Crippen molar-refractivity contribution >= 4 is 5.97 Å². The molecule has 0 unspecified atom stereocenters. The number of hydrogen-bond acceptors (Lipinski definition) is 3. The van der Waals surface area contributed by atoms with Crippen molar-refractivity contribution in [2.45, 2.75) is 13.8 Å². The zero-order chi connectivity index (χ0) is 9.82. The molecule has 0 fully saturated rings. The normalized spacial score (nSPS) is 7.50. The Balaban J connectivity index is 0. The van der Waals surface area contributed by atoms with Gasteiger partial charge in [-0.15, -0.1) is 0 Å². The highest BCUT2D eigenvalue weighted by molar-refractivity contribution is 5.81. The summed E-state index contributed by atoms with van der Waals surface area (Å²) < 4.78 is 9.03. The second-order valence-corrected chi connectivity index (χ2v) is 1.59. The van der Waals surface area contributed by atoms with Gasteiger partial charge >= 0.3 is 5.97 Å². The van der Waals surface area contributed by atoms with Crippen molar-refractivity contribution in [1.29, 1.82) is 0 Å². The van der Waals surface area contributed by atoms with E-state index in [4.69, 9.17) is 4.74 Å². The van der Waals surface area contributed by atoms with Crippen molar-refractivity contribution in [2.75, 3.05) is 13.2 Å². The summed E-state index contributed by atoms with van der Waals surface area (Å²) in [6.07, 6.45) is 2.13. The van der Waals surface area contributed by atoms with Crippen molar-refractivity contribution in [2.24, 2.45) is 0 Å². The van der Waals surface area contributed by atoms with E-state index in [2.05, 4.69) is 17.9 Å². The first-order chi connectivity index (χ1) is 5.72. The molecule has 0 saturated heterocycles. The summed E-state index contributed by atoms with van der Waals surface area (Å²) in [7, 11) is 0. The number of rotatable bonds is 4. The standard InChI is InChI=1S/C5H6O2.C4H10O/c1-3-5(6)7-4-2;1-3-5-4-2/h3-4H,1-2H2;3-4H2,1-2H3. The number of ether oxygens (including phenoxy) is 2. The Morgan fingerprint density at radius 1 is 1.33 bits per heavy atom. The van der Waals surface area contributed by atoms with Crippen LogP contribution in [0.3, 0.4) is 0 Å². The van der Waals surface area contributed by atoms with Crippen LogP contribution in [0.25, 0.3) is 0 Å². The van der Waals surface area contributed by atoms with E-state index < -0.39 is 5.97 Å². The van der Waals surface area contributed by atoms with Crippen molar-refractivity contribution in [3.05, 3.63) is 25.5 Å². The molecule has 70 valence electrons. The highest BCUT2D eigenvalue weighted by Gasteiger charge is 1.84. The van der Waals surface area contributed by atoms with Crippen LogP contribution in [0.1, 0.15) is 13.8 Å². The second-order valence-electron chi connectivity index (χ2n) is 1.59. The summed E-state index contributed by atoms with van der Waals surface area (Å²) in [4.78, 5) is 10.0. The van der Waals surface area contributed by atoms with Gasteiger partial charge in [-0.1, -0.05) is 13.2 Å². The molecule has 0 N–H and O–H groups in total. The Morgan fingerprint density at radius 3 is 1.92 bits per heavy atom. The van der Waals surface area contributed by atoms with Gasteiger partial charge in [0.1, 0.15) is 0 Å². The molecule has 0 aromatic rings. The van der Waals surface area contributed by atoms with Crippen LogP contribution >= 0.6 is 0 Å². The van der Waals surface area contributed by atoms with Crippen LogP contribution in [0.2, 0.25) is 0 Å². The number of carbonyl (C=O) groups excluding carboxylic acids is 1. The van der Waals surface area contributed by atoms with E-state index in [1.165, 1.54) is 0 Å². The van der Waals surface area contributed by atoms with Gasteiger partial charge in [0.25, 0.3) is 0 Å². The first kappa shape index (κ1) is 13.5. The zero-order valence-electron chi connectivity index (χ0n) is 7.71.